The van der Waals surface area contributed by atoms with Gasteiger partial charge in [0.1, 0.15) is 12.4 Å². The van der Waals surface area contributed by atoms with Gasteiger partial charge in [0.05, 0.1) is 6.10 Å². The van der Waals surface area contributed by atoms with Crippen molar-refractivity contribution in [3.8, 4) is 0 Å². The molecule has 0 amide bonds. The van der Waals surface area contributed by atoms with Gasteiger partial charge < -0.3 is 4.74 Å². The third-order valence-corrected chi connectivity index (χ3v) is 3.36. The molecule has 1 aliphatic carbocycles. The molecule has 0 bridgehead atoms. The van der Waals surface area contributed by atoms with Crippen LogP contribution in [0, 0.1) is 6.92 Å². The van der Waals surface area contributed by atoms with E-state index in [1.165, 1.54) is 19.3 Å². The van der Waals surface area contributed by atoms with Gasteiger partial charge in [0.25, 0.3) is 5.56 Å². The minimum absolute atomic E-state index is 0.0141. The van der Waals surface area contributed by atoms with Crippen molar-refractivity contribution < 1.29 is 4.74 Å². The Morgan fingerprint density at radius 3 is 2.82 bits per heavy atom. The largest absolute Gasteiger partial charge is 0.370 e. The molecule has 0 unspecified atom stereocenters. The lowest BCUT2D eigenvalue weighted by molar-refractivity contribution is 0.0119. The first-order valence-electron chi connectivity index (χ1n) is 6.32. The van der Waals surface area contributed by atoms with Crippen molar-refractivity contribution in [2.75, 3.05) is 0 Å². The number of rotatable bonds is 3. The van der Waals surface area contributed by atoms with E-state index in [1.807, 2.05) is 6.92 Å². The average Bonchev–Trinajstić information content (AvgIpc) is 2.33. The maximum atomic E-state index is 11.6. The first-order chi connectivity index (χ1) is 8.16. The molecule has 1 saturated carbocycles. The van der Waals surface area contributed by atoms with E-state index >= 15 is 0 Å². The predicted molar refractivity (Wildman–Crippen MR) is 65.9 cm³/mol. The van der Waals surface area contributed by atoms with E-state index in [9.17, 15) is 4.79 Å². The van der Waals surface area contributed by atoms with Gasteiger partial charge in [-0.3, -0.25) is 9.36 Å². The molecule has 0 spiro atoms. The van der Waals surface area contributed by atoms with Gasteiger partial charge in [0, 0.05) is 18.8 Å². The molecule has 17 heavy (non-hydrogen) atoms. The van der Waals surface area contributed by atoms with Crippen LogP contribution in [0.4, 0.5) is 0 Å². The molecule has 2 rings (SSSR count). The Labute approximate surface area is 102 Å². The van der Waals surface area contributed by atoms with Crippen LogP contribution >= 0.6 is 0 Å². The molecular formula is C13H20N2O2. The Hall–Kier alpha value is -1.16. The summed E-state index contributed by atoms with van der Waals surface area (Å²) in [5, 5.41) is 0. The van der Waals surface area contributed by atoms with Crippen LogP contribution in [0.25, 0.3) is 0 Å². The van der Waals surface area contributed by atoms with Crippen LogP contribution in [0.15, 0.2) is 10.9 Å². The summed E-state index contributed by atoms with van der Waals surface area (Å²) in [5.74, 6) is 0.723. The van der Waals surface area contributed by atoms with Crippen LogP contribution in [-0.4, -0.2) is 15.7 Å². The number of aromatic nitrogens is 2. The minimum Gasteiger partial charge on any atom is -0.370 e. The highest BCUT2D eigenvalue weighted by Crippen LogP contribution is 2.20. The summed E-state index contributed by atoms with van der Waals surface area (Å²) in [6.07, 6.45) is 6.46. The average molecular weight is 236 g/mol. The van der Waals surface area contributed by atoms with Gasteiger partial charge in [0.2, 0.25) is 0 Å². The van der Waals surface area contributed by atoms with Gasteiger partial charge in [0.15, 0.2) is 0 Å². The number of hydrogen-bond donors (Lipinski definition) is 0. The summed E-state index contributed by atoms with van der Waals surface area (Å²) in [6.45, 7) is 2.28. The van der Waals surface area contributed by atoms with E-state index < -0.39 is 0 Å². The Morgan fingerprint density at radius 2 is 2.12 bits per heavy atom. The van der Waals surface area contributed by atoms with Crippen molar-refractivity contribution in [2.45, 2.75) is 51.7 Å². The number of nitrogens with zero attached hydrogens (tertiary/aromatic N) is 2. The maximum Gasteiger partial charge on any atom is 0.253 e. The minimum atomic E-state index is -0.0141. The van der Waals surface area contributed by atoms with Crippen molar-refractivity contribution >= 4 is 0 Å². The van der Waals surface area contributed by atoms with Gasteiger partial charge >= 0.3 is 0 Å². The third-order valence-electron chi connectivity index (χ3n) is 3.36. The molecule has 1 aromatic heterocycles. The fourth-order valence-electron chi connectivity index (χ4n) is 2.27. The second-order valence-electron chi connectivity index (χ2n) is 4.78. The lowest BCUT2D eigenvalue weighted by Crippen LogP contribution is -2.24. The molecule has 1 aliphatic rings. The van der Waals surface area contributed by atoms with Gasteiger partial charge in [-0.05, 0) is 19.8 Å². The molecule has 0 atom stereocenters. The Morgan fingerprint density at radius 1 is 1.41 bits per heavy atom. The summed E-state index contributed by atoms with van der Waals surface area (Å²) in [5.41, 5.74) is 0.745. The van der Waals surface area contributed by atoms with E-state index in [4.69, 9.17) is 4.74 Å². The topological polar surface area (TPSA) is 44.1 Å². The van der Waals surface area contributed by atoms with E-state index in [0.29, 0.717) is 12.7 Å². The normalized spacial score (nSPS) is 17.3. The van der Waals surface area contributed by atoms with E-state index in [0.717, 1.165) is 24.4 Å². The highest BCUT2D eigenvalue weighted by atomic mass is 16.5. The number of hydrogen-bond acceptors (Lipinski definition) is 3. The second-order valence-corrected chi connectivity index (χ2v) is 4.78. The van der Waals surface area contributed by atoms with Crippen LogP contribution in [0.2, 0.25) is 0 Å². The fraction of sp³-hybridized carbons (Fsp3) is 0.692. The quantitative estimate of drug-likeness (QED) is 0.805. The monoisotopic (exact) mass is 236 g/mol. The standard InChI is InChI=1S/C13H20N2O2/c1-10-8-13(16)15(2)12(14-10)9-17-11-6-4-3-5-7-11/h8,11H,3-7,9H2,1-2H3. The first kappa shape index (κ1) is 12.3. The van der Waals surface area contributed by atoms with Crippen molar-refractivity contribution in [3.05, 3.63) is 27.9 Å². The Bertz CT molecular complexity index is 434. The van der Waals surface area contributed by atoms with Crippen LogP contribution < -0.4 is 5.56 Å². The summed E-state index contributed by atoms with van der Waals surface area (Å²) in [6, 6.07) is 1.55. The van der Waals surface area contributed by atoms with Crippen LogP contribution in [0.1, 0.15) is 43.6 Å². The fourth-order valence-corrected chi connectivity index (χ4v) is 2.27. The van der Waals surface area contributed by atoms with E-state index in [2.05, 4.69) is 4.98 Å². The summed E-state index contributed by atoms with van der Waals surface area (Å²) < 4.78 is 7.40. The zero-order valence-corrected chi connectivity index (χ0v) is 10.6. The number of ether oxygens (including phenoxy) is 1. The van der Waals surface area contributed by atoms with Crippen LogP contribution in [0.5, 0.6) is 0 Å². The predicted octanol–water partition coefficient (Wildman–Crippen LogP) is 1.94. The second kappa shape index (κ2) is 5.45. The van der Waals surface area contributed by atoms with Gasteiger partial charge in [-0.25, -0.2) is 4.98 Å². The highest BCUT2D eigenvalue weighted by Gasteiger charge is 2.14. The molecule has 1 heterocycles. The molecule has 4 heteroatoms. The van der Waals surface area contributed by atoms with Gasteiger partial charge in [-0.1, -0.05) is 19.3 Å². The molecule has 1 fully saturated rings. The third kappa shape index (κ3) is 3.16. The lowest BCUT2D eigenvalue weighted by atomic mass is 9.98. The molecule has 0 radical (unpaired) electrons. The molecule has 1 aromatic rings. The lowest BCUT2D eigenvalue weighted by Gasteiger charge is -2.22. The number of aryl methyl sites for hydroxylation is 1. The van der Waals surface area contributed by atoms with Crippen LogP contribution in [-0.2, 0) is 18.4 Å². The summed E-state index contributed by atoms with van der Waals surface area (Å²) in [7, 11) is 1.74. The highest BCUT2D eigenvalue weighted by molar-refractivity contribution is 5.01. The zero-order valence-electron chi connectivity index (χ0n) is 10.6. The molecule has 4 nitrogen and oxygen atoms in total. The van der Waals surface area contributed by atoms with Crippen molar-refractivity contribution in [1.82, 2.24) is 9.55 Å². The zero-order chi connectivity index (χ0) is 12.3. The van der Waals surface area contributed by atoms with Crippen molar-refractivity contribution in [1.29, 1.82) is 0 Å². The first-order valence-corrected chi connectivity index (χ1v) is 6.32. The van der Waals surface area contributed by atoms with E-state index in [1.54, 1.807) is 17.7 Å². The smallest absolute Gasteiger partial charge is 0.253 e. The van der Waals surface area contributed by atoms with Crippen LogP contribution in [0.3, 0.4) is 0 Å². The van der Waals surface area contributed by atoms with Crippen molar-refractivity contribution in [3.63, 3.8) is 0 Å². The summed E-state index contributed by atoms with van der Waals surface area (Å²) >= 11 is 0. The maximum absolute atomic E-state index is 11.6. The summed E-state index contributed by atoms with van der Waals surface area (Å²) in [4.78, 5) is 15.9. The molecule has 94 valence electrons. The van der Waals surface area contributed by atoms with Gasteiger partial charge in [-0.2, -0.15) is 0 Å². The van der Waals surface area contributed by atoms with Crippen molar-refractivity contribution in [2.24, 2.45) is 7.05 Å². The van der Waals surface area contributed by atoms with E-state index in [-0.39, 0.29) is 5.56 Å². The van der Waals surface area contributed by atoms with Gasteiger partial charge in [-0.15, -0.1) is 0 Å². The Balaban J connectivity index is 2.00. The molecule has 0 N–H and O–H groups in total. The molecule has 0 saturated heterocycles. The SMILES string of the molecule is Cc1cc(=O)n(C)c(COC2CCCCC2)n1. The molecule has 0 aromatic carbocycles. The molecular weight excluding hydrogens is 216 g/mol. The molecule has 0 aliphatic heterocycles. The Kier molecular flexibility index (Phi) is 3.94.